The van der Waals surface area contributed by atoms with Crippen LogP contribution in [-0.4, -0.2) is 62.7 Å². The van der Waals surface area contributed by atoms with Gasteiger partial charge in [-0.25, -0.2) is 4.79 Å². The lowest BCUT2D eigenvalue weighted by atomic mass is 9.97. The Morgan fingerprint density at radius 1 is 1.40 bits per heavy atom. The quantitative estimate of drug-likeness (QED) is 0.786. The molecule has 0 aliphatic carbocycles. The monoisotopic (exact) mass is 347 g/mol. The van der Waals surface area contributed by atoms with Crippen molar-refractivity contribution in [1.82, 2.24) is 15.1 Å². The fourth-order valence-electron chi connectivity index (χ4n) is 3.53. The maximum absolute atomic E-state index is 12.0. The second kappa shape index (κ2) is 10.3. The van der Waals surface area contributed by atoms with Gasteiger partial charge >= 0.3 is 6.03 Å². The Labute approximate surface area is 152 Å². The molecule has 5 nitrogen and oxygen atoms in total. The highest BCUT2D eigenvalue weighted by molar-refractivity contribution is 5.73. The second-order valence-corrected chi connectivity index (χ2v) is 6.98. The van der Waals surface area contributed by atoms with Gasteiger partial charge in [0.2, 0.25) is 0 Å². The van der Waals surface area contributed by atoms with Crippen LogP contribution in [0, 0.1) is 5.92 Å². The molecule has 2 amide bonds. The molecule has 0 spiro atoms. The predicted molar refractivity (Wildman–Crippen MR) is 102 cm³/mol. The number of nitrogens with zero attached hydrogens (tertiary/aromatic N) is 2. The summed E-state index contributed by atoms with van der Waals surface area (Å²) in [5.41, 5.74) is 1.27. The predicted octanol–water partition coefficient (Wildman–Crippen LogP) is 3.00. The molecule has 2 rings (SSSR count). The molecule has 140 valence electrons. The molecule has 0 bridgehead atoms. The molecule has 1 aliphatic rings. The van der Waals surface area contributed by atoms with Gasteiger partial charge in [0.05, 0.1) is 7.11 Å². The van der Waals surface area contributed by atoms with Crippen LogP contribution >= 0.6 is 0 Å². The van der Waals surface area contributed by atoms with Gasteiger partial charge in [-0.2, -0.15) is 0 Å². The van der Waals surface area contributed by atoms with Crippen molar-refractivity contribution in [3.63, 3.8) is 0 Å². The van der Waals surface area contributed by atoms with E-state index in [-0.39, 0.29) is 6.03 Å². The van der Waals surface area contributed by atoms with Crippen molar-refractivity contribution in [2.45, 2.75) is 32.6 Å². The number of amides is 2. The fraction of sp³-hybridized carbons (Fsp3) is 0.650. The maximum atomic E-state index is 12.0. The molecule has 1 aromatic rings. The average Bonchev–Trinajstić information content (AvgIpc) is 2.64. The summed E-state index contributed by atoms with van der Waals surface area (Å²) in [5.74, 6) is 1.53. The first-order chi connectivity index (χ1) is 12.1. The third kappa shape index (κ3) is 6.24. The number of carbonyl (C=O) groups is 1. The zero-order chi connectivity index (χ0) is 18.1. The first-order valence-corrected chi connectivity index (χ1v) is 9.47. The van der Waals surface area contributed by atoms with Crippen molar-refractivity contribution in [2.24, 2.45) is 5.92 Å². The van der Waals surface area contributed by atoms with Crippen LogP contribution in [0.15, 0.2) is 24.3 Å². The first-order valence-electron chi connectivity index (χ1n) is 9.47. The summed E-state index contributed by atoms with van der Waals surface area (Å²) in [7, 11) is 3.63. The molecular weight excluding hydrogens is 314 g/mol. The third-order valence-corrected chi connectivity index (χ3v) is 4.90. The molecule has 5 heteroatoms. The molecule has 25 heavy (non-hydrogen) atoms. The molecule has 1 heterocycles. The van der Waals surface area contributed by atoms with E-state index in [2.05, 4.69) is 29.3 Å². The molecule has 1 unspecified atom stereocenters. The number of methoxy groups -OCH3 is 1. The van der Waals surface area contributed by atoms with Crippen LogP contribution < -0.4 is 10.1 Å². The maximum Gasteiger partial charge on any atom is 0.317 e. The van der Waals surface area contributed by atoms with Crippen LogP contribution in [0.5, 0.6) is 5.75 Å². The SMILES string of the molecule is CCCNC(=O)N(C)CC1CCCN(CCc2ccccc2OC)C1. The van der Waals surface area contributed by atoms with Crippen molar-refractivity contribution >= 4 is 6.03 Å². The molecule has 1 N–H and O–H groups in total. The van der Waals surface area contributed by atoms with E-state index < -0.39 is 0 Å². The van der Waals surface area contributed by atoms with E-state index >= 15 is 0 Å². The van der Waals surface area contributed by atoms with E-state index in [0.29, 0.717) is 5.92 Å². The number of hydrogen-bond acceptors (Lipinski definition) is 3. The molecule has 1 aliphatic heterocycles. The first kappa shape index (κ1) is 19.6. The van der Waals surface area contributed by atoms with Crippen molar-refractivity contribution < 1.29 is 9.53 Å². The van der Waals surface area contributed by atoms with Gasteiger partial charge in [0, 0.05) is 33.2 Å². The highest BCUT2D eigenvalue weighted by atomic mass is 16.5. The Morgan fingerprint density at radius 3 is 2.96 bits per heavy atom. The summed E-state index contributed by atoms with van der Waals surface area (Å²) in [6, 6.07) is 8.30. The van der Waals surface area contributed by atoms with Gasteiger partial charge in [0.25, 0.3) is 0 Å². The van der Waals surface area contributed by atoms with Gasteiger partial charge in [-0.15, -0.1) is 0 Å². The summed E-state index contributed by atoms with van der Waals surface area (Å²) < 4.78 is 5.45. The summed E-state index contributed by atoms with van der Waals surface area (Å²) in [4.78, 5) is 16.4. The number of ether oxygens (including phenoxy) is 1. The Hall–Kier alpha value is -1.75. The van der Waals surface area contributed by atoms with E-state index in [1.165, 1.54) is 18.4 Å². The molecule has 0 radical (unpaired) electrons. The average molecular weight is 348 g/mol. The molecule has 0 saturated carbocycles. The number of rotatable bonds is 8. The van der Waals surface area contributed by atoms with Crippen molar-refractivity contribution in [3.8, 4) is 5.75 Å². The van der Waals surface area contributed by atoms with E-state index in [1.807, 2.05) is 24.1 Å². The summed E-state index contributed by atoms with van der Waals surface area (Å²) in [5, 5.41) is 2.95. The van der Waals surface area contributed by atoms with Crippen LogP contribution in [0.25, 0.3) is 0 Å². The molecule has 1 atom stereocenters. The molecule has 1 fully saturated rings. The van der Waals surface area contributed by atoms with Gasteiger partial charge in [-0.05, 0) is 49.8 Å². The van der Waals surface area contributed by atoms with Crippen molar-refractivity contribution in [3.05, 3.63) is 29.8 Å². The summed E-state index contributed by atoms with van der Waals surface area (Å²) >= 11 is 0. The Balaban J connectivity index is 1.79. The number of urea groups is 1. The standard InChI is InChI=1S/C20H33N3O2/c1-4-12-21-20(24)22(2)15-17-8-7-13-23(16-17)14-11-18-9-5-6-10-19(18)25-3/h5-6,9-10,17H,4,7-8,11-16H2,1-3H3,(H,21,24). The van der Waals surface area contributed by atoms with E-state index in [4.69, 9.17) is 4.74 Å². The van der Waals surface area contributed by atoms with E-state index in [0.717, 1.165) is 51.3 Å². The van der Waals surface area contributed by atoms with Crippen LogP contribution in [0.4, 0.5) is 4.79 Å². The fourth-order valence-corrected chi connectivity index (χ4v) is 3.53. The Morgan fingerprint density at radius 2 is 2.20 bits per heavy atom. The topological polar surface area (TPSA) is 44.8 Å². The van der Waals surface area contributed by atoms with Gasteiger partial charge in [-0.3, -0.25) is 0 Å². The second-order valence-electron chi connectivity index (χ2n) is 6.98. The Kier molecular flexibility index (Phi) is 8.06. The smallest absolute Gasteiger partial charge is 0.317 e. The van der Waals surface area contributed by atoms with Gasteiger partial charge in [0.1, 0.15) is 5.75 Å². The van der Waals surface area contributed by atoms with E-state index in [9.17, 15) is 4.79 Å². The van der Waals surface area contributed by atoms with Crippen LogP contribution in [0.2, 0.25) is 0 Å². The number of carbonyl (C=O) groups excluding carboxylic acids is 1. The minimum Gasteiger partial charge on any atom is -0.496 e. The van der Waals surface area contributed by atoms with Gasteiger partial charge in [-0.1, -0.05) is 25.1 Å². The van der Waals surface area contributed by atoms with Gasteiger partial charge < -0.3 is 19.9 Å². The molecule has 0 aromatic heterocycles. The van der Waals surface area contributed by atoms with Crippen LogP contribution in [-0.2, 0) is 6.42 Å². The largest absolute Gasteiger partial charge is 0.496 e. The normalized spacial score (nSPS) is 18.0. The van der Waals surface area contributed by atoms with Crippen molar-refractivity contribution in [1.29, 1.82) is 0 Å². The summed E-state index contributed by atoms with van der Waals surface area (Å²) in [6.07, 6.45) is 4.39. The lowest BCUT2D eigenvalue weighted by Crippen LogP contribution is -2.45. The lowest BCUT2D eigenvalue weighted by Gasteiger charge is -2.34. The minimum atomic E-state index is 0.0491. The highest BCUT2D eigenvalue weighted by Gasteiger charge is 2.22. The third-order valence-electron chi connectivity index (χ3n) is 4.90. The Bertz CT molecular complexity index is 535. The number of nitrogens with one attached hydrogen (secondary N) is 1. The van der Waals surface area contributed by atoms with Gasteiger partial charge in [0.15, 0.2) is 0 Å². The van der Waals surface area contributed by atoms with Crippen LogP contribution in [0.3, 0.4) is 0 Å². The molecular formula is C20H33N3O2. The number of hydrogen-bond donors (Lipinski definition) is 1. The molecule has 1 aromatic carbocycles. The minimum absolute atomic E-state index is 0.0491. The zero-order valence-electron chi connectivity index (χ0n) is 16.0. The number of piperidine rings is 1. The summed E-state index contributed by atoms with van der Waals surface area (Å²) in [6.45, 7) is 6.92. The highest BCUT2D eigenvalue weighted by Crippen LogP contribution is 2.21. The van der Waals surface area contributed by atoms with E-state index in [1.54, 1.807) is 7.11 Å². The van der Waals surface area contributed by atoms with Crippen molar-refractivity contribution in [2.75, 3.05) is 46.9 Å². The molecule has 1 saturated heterocycles. The number of likely N-dealkylation sites (tertiary alicyclic amines) is 1. The zero-order valence-corrected chi connectivity index (χ0v) is 16.0. The lowest BCUT2D eigenvalue weighted by molar-refractivity contribution is 0.146. The number of para-hydroxylation sites is 1. The number of benzene rings is 1. The van der Waals surface area contributed by atoms with Crippen LogP contribution in [0.1, 0.15) is 31.7 Å².